The second kappa shape index (κ2) is 12.1. The second-order valence-electron chi connectivity index (χ2n) is 6.36. The van der Waals surface area contributed by atoms with Gasteiger partial charge >= 0.3 is 5.97 Å². The van der Waals surface area contributed by atoms with E-state index in [9.17, 15) is 9.59 Å². The molecule has 0 fully saturated rings. The number of ether oxygens (including phenoxy) is 2. The van der Waals surface area contributed by atoms with Crippen LogP contribution in [0.2, 0.25) is 5.02 Å². The van der Waals surface area contributed by atoms with Gasteiger partial charge in [-0.05, 0) is 80.4 Å². The van der Waals surface area contributed by atoms with Crippen LogP contribution >= 0.6 is 75.3 Å². The number of nitrogens with zero attached hydrogens (tertiary/aromatic N) is 1. The molecule has 3 aromatic rings. The molecule has 3 aromatic carbocycles. The summed E-state index contributed by atoms with van der Waals surface area (Å²) in [6.45, 7) is -0.259. The van der Waals surface area contributed by atoms with Crippen molar-refractivity contribution in [3.8, 4) is 11.5 Å². The highest BCUT2D eigenvalue weighted by Gasteiger charge is 2.16. The molecule has 0 saturated heterocycles. The molecule has 0 bridgehead atoms. The van der Waals surface area contributed by atoms with Crippen molar-refractivity contribution in [3.05, 3.63) is 88.6 Å². The first-order valence-corrected chi connectivity index (χ1v) is 12.6. The van der Waals surface area contributed by atoms with Crippen molar-refractivity contribution in [2.24, 2.45) is 5.10 Å². The van der Waals surface area contributed by atoms with Gasteiger partial charge in [0.25, 0.3) is 5.91 Å². The molecule has 0 spiro atoms. The molecule has 11 heteroatoms. The lowest BCUT2D eigenvalue weighted by Crippen LogP contribution is -2.24. The maximum atomic E-state index is 12.6. The van der Waals surface area contributed by atoms with Crippen LogP contribution in [0.15, 0.2) is 77.6 Å². The van der Waals surface area contributed by atoms with Gasteiger partial charge in [0.05, 0.1) is 20.7 Å². The highest BCUT2D eigenvalue weighted by atomic mass is 79.9. The van der Waals surface area contributed by atoms with E-state index in [0.717, 1.165) is 8.95 Å². The lowest BCUT2D eigenvalue weighted by atomic mass is 10.2. The minimum absolute atomic E-state index is 0.252. The lowest BCUT2D eigenvalue weighted by Gasteiger charge is -2.11. The van der Waals surface area contributed by atoms with Crippen molar-refractivity contribution < 1.29 is 19.1 Å². The fraction of sp³-hybridized carbons (Fsp3) is 0.0455. The number of carbonyl (C=O) groups excluding carboxylic acids is 2. The number of hydrazone groups is 1. The molecule has 0 aromatic heterocycles. The SMILES string of the molecule is O=C(COc1ccc(Cl)cc1Br)NN=Cc1cc(Br)cc(Br)c1OC(=O)c1cccc(Br)c1. The summed E-state index contributed by atoms with van der Waals surface area (Å²) in [6.07, 6.45) is 1.37. The number of nitrogens with one attached hydrogen (secondary N) is 1. The summed E-state index contributed by atoms with van der Waals surface area (Å²) in [5.41, 5.74) is 3.21. The van der Waals surface area contributed by atoms with Crippen molar-refractivity contribution in [2.45, 2.75) is 0 Å². The van der Waals surface area contributed by atoms with Gasteiger partial charge in [-0.25, -0.2) is 10.2 Å². The van der Waals surface area contributed by atoms with Gasteiger partial charge in [-0.1, -0.05) is 49.5 Å². The molecule has 6 nitrogen and oxygen atoms in total. The number of esters is 1. The summed E-state index contributed by atoms with van der Waals surface area (Å²) < 4.78 is 13.7. The van der Waals surface area contributed by atoms with E-state index in [1.54, 1.807) is 48.5 Å². The summed E-state index contributed by atoms with van der Waals surface area (Å²) in [7, 11) is 0. The minimum Gasteiger partial charge on any atom is -0.483 e. The molecular formula is C22H13Br4ClN2O4. The summed E-state index contributed by atoms with van der Waals surface area (Å²) in [5, 5.41) is 4.49. The van der Waals surface area contributed by atoms with Crippen molar-refractivity contribution in [3.63, 3.8) is 0 Å². The normalized spacial score (nSPS) is 10.8. The predicted molar refractivity (Wildman–Crippen MR) is 141 cm³/mol. The largest absolute Gasteiger partial charge is 0.483 e. The number of carbonyl (C=O) groups is 2. The standard InChI is InChI=1S/C22H13Br4ClN2O4/c23-14-3-1-2-12(6-14)22(31)33-21-13(7-15(24)8-18(21)26)10-28-29-20(30)11-32-19-5-4-16(27)9-17(19)25/h1-10H,11H2,(H,29,30). The summed E-state index contributed by atoms with van der Waals surface area (Å²) in [6, 6.07) is 15.2. The topological polar surface area (TPSA) is 77.0 Å². The van der Waals surface area contributed by atoms with Gasteiger partial charge in [-0.2, -0.15) is 5.10 Å². The van der Waals surface area contributed by atoms with E-state index in [-0.39, 0.29) is 12.4 Å². The zero-order valence-corrected chi connectivity index (χ0v) is 23.6. The zero-order valence-electron chi connectivity index (χ0n) is 16.5. The zero-order chi connectivity index (χ0) is 24.0. The third-order valence-corrected chi connectivity index (χ3v) is 6.33. The first-order valence-electron chi connectivity index (χ1n) is 9.09. The van der Waals surface area contributed by atoms with Gasteiger partial charge in [0.1, 0.15) is 5.75 Å². The molecule has 0 atom stereocenters. The van der Waals surface area contributed by atoms with Crippen LogP contribution in [-0.2, 0) is 4.79 Å². The van der Waals surface area contributed by atoms with Crippen molar-refractivity contribution in [1.82, 2.24) is 5.43 Å². The molecule has 0 unspecified atom stereocenters. The van der Waals surface area contributed by atoms with E-state index in [1.165, 1.54) is 6.21 Å². The minimum atomic E-state index is -0.542. The first-order chi connectivity index (χ1) is 15.7. The van der Waals surface area contributed by atoms with E-state index in [2.05, 4.69) is 74.2 Å². The number of benzene rings is 3. The molecule has 0 aliphatic rings. The van der Waals surface area contributed by atoms with Crippen LogP contribution in [-0.4, -0.2) is 24.7 Å². The summed E-state index contributed by atoms with van der Waals surface area (Å²) in [5.74, 6) is -0.298. The van der Waals surface area contributed by atoms with E-state index < -0.39 is 11.9 Å². The molecule has 170 valence electrons. The van der Waals surface area contributed by atoms with Crippen LogP contribution in [0.25, 0.3) is 0 Å². The fourth-order valence-electron chi connectivity index (χ4n) is 2.49. The number of hydrogen-bond acceptors (Lipinski definition) is 5. The number of hydrogen-bond donors (Lipinski definition) is 1. The number of halogens is 5. The second-order valence-corrected chi connectivity index (χ2v) is 10.3. The Morgan fingerprint density at radius 3 is 2.48 bits per heavy atom. The highest BCUT2D eigenvalue weighted by molar-refractivity contribution is 9.11. The van der Waals surface area contributed by atoms with Crippen LogP contribution in [0.4, 0.5) is 0 Å². The average Bonchev–Trinajstić information content (AvgIpc) is 2.75. The first kappa shape index (κ1) is 25.9. The molecule has 1 N–H and O–H groups in total. The molecule has 0 heterocycles. The van der Waals surface area contributed by atoms with Gasteiger partial charge in [0.15, 0.2) is 12.4 Å². The fourth-order valence-corrected chi connectivity index (χ4v) is 5.03. The Hall–Kier alpha value is -1.72. The van der Waals surface area contributed by atoms with E-state index in [1.807, 2.05) is 6.07 Å². The van der Waals surface area contributed by atoms with E-state index in [0.29, 0.717) is 30.8 Å². The third-order valence-electron chi connectivity index (χ3n) is 3.94. The molecule has 1 amide bonds. The Kier molecular flexibility index (Phi) is 9.51. The Labute approximate surface area is 228 Å². The number of rotatable bonds is 7. The number of amides is 1. The quantitative estimate of drug-likeness (QED) is 0.122. The predicted octanol–water partition coefficient (Wildman–Crippen LogP) is 7.14. The molecule has 0 aliphatic heterocycles. The molecule has 0 aliphatic carbocycles. The smallest absolute Gasteiger partial charge is 0.343 e. The van der Waals surface area contributed by atoms with E-state index >= 15 is 0 Å². The highest BCUT2D eigenvalue weighted by Crippen LogP contribution is 2.33. The molecule has 0 saturated carbocycles. The monoisotopic (exact) mass is 720 g/mol. The Morgan fingerprint density at radius 2 is 1.76 bits per heavy atom. The van der Waals surface area contributed by atoms with Crippen LogP contribution in [0.3, 0.4) is 0 Å². The average molecular weight is 724 g/mol. The summed E-state index contributed by atoms with van der Waals surface area (Å²) in [4.78, 5) is 24.7. The molecule has 33 heavy (non-hydrogen) atoms. The van der Waals surface area contributed by atoms with Gasteiger partial charge in [-0.15, -0.1) is 0 Å². The van der Waals surface area contributed by atoms with Crippen molar-refractivity contribution in [1.29, 1.82) is 0 Å². The Morgan fingerprint density at radius 1 is 0.970 bits per heavy atom. The van der Waals surface area contributed by atoms with Crippen LogP contribution in [0.1, 0.15) is 15.9 Å². The van der Waals surface area contributed by atoms with Crippen LogP contribution < -0.4 is 14.9 Å². The maximum Gasteiger partial charge on any atom is 0.343 e. The summed E-state index contributed by atoms with van der Waals surface area (Å²) >= 11 is 19.3. The third kappa shape index (κ3) is 7.65. The van der Waals surface area contributed by atoms with Gasteiger partial charge in [0, 0.05) is 19.5 Å². The van der Waals surface area contributed by atoms with Gasteiger partial charge < -0.3 is 9.47 Å². The maximum absolute atomic E-state index is 12.6. The molecule has 3 rings (SSSR count). The Balaban J connectivity index is 1.68. The van der Waals surface area contributed by atoms with Crippen molar-refractivity contribution >= 4 is 93.4 Å². The molecule has 0 radical (unpaired) electrons. The lowest BCUT2D eigenvalue weighted by molar-refractivity contribution is -0.123. The van der Waals surface area contributed by atoms with Crippen LogP contribution in [0.5, 0.6) is 11.5 Å². The van der Waals surface area contributed by atoms with Crippen LogP contribution in [0, 0.1) is 0 Å². The van der Waals surface area contributed by atoms with Gasteiger partial charge in [0.2, 0.25) is 0 Å². The van der Waals surface area contributed by atoms with Crippen molar-refractivity contribution in [2.75, 3.05) is 6.61 Å². The molecular weight excluding hydrogens is 711 g/mol. The Bertz CT molecular complexity index is 1240. The van der Waals surface area contributed by atoms with Gasteiger partial charge in [-0.3, -0.25) is 4.79 Å². The van der Waals surface area contributed by atoms with E-state index in [4.69, 9.17) is 21.1 Å².